The molecule has 0 radical (unpaired) electrons. The van der Waals surface area contributed by atoms with Gasteiger partial charge in [-0.15, -0.1) is 0 Å². The summed E-state index contributed by atoms with van der Waals surface area (Å²) >= 11 is 1.82. The van der Waals surface area contributed by atoms with Crippen molar-refractivity contribution in [2.24, 2.45) is 5.10 Å². The van der Waals surface area contributed by atoms with Gasteiger partial charge >= 0.3 is 0 Å². The van der Waals surface area contributed by atoms with Gasteiger partial charge in [0.2, 0.25) is 0 Å². The Hall–Kier alpha value is -1.49. The Labute approximate surface area is 97.7 Å². The van der Waals surface area contributed by atoms with Gasteiger partial charge in [0.25, 0.3) is 5.91 Å². The maximum absolute atomic E-state index is 11.6. The summed E-state index contributed by atoms with van der Waals surface area (Å²) in [6.45, 7) is 0. The fourth-order valence-electron chi connectivity index (χ4n) is 1.35. The van der Waals surface area contributed by atoms with E-state index in [0.29, 0.717) is 5.56 Å². The number of hydrogen-bond acceptors (Lipinski definition) is 4. The van der Waals surface area contributed by atoms with E-state index in [4.69, 9.17) is 5.11 Å². The zero-order chi connectivity index (χ0) is 11.4. The van der Waals surface area contributed by atoms with Gasteiger partial charge in [0.05, 0.1) is 0 Å². The summed E-state index contributed by atoms with van der Waals surface area (Å²) in [5.74, 6) is 1.88. The van der Waals surface area contributed by atoms with Crippen molar-refractivity contribution in [3.05, 3.63) is 29.8 Å². The van der Waals surface area contributed by atoms with E-state index in [1.54, 1.807) is 12.1 Å². The van der Waals surface area contributed by atoms with Gasteiger partial charge in [-0.1, -0.05) is 0 Å². The first-order chi connectivity index (χ1) is 7.75. The van der Waals surface area contributed by atoms with Crippen LogP contribution in [0.3, 0.4) is 0 Å². The third-order valence-electron chi connectivity index (χ3n) is 2.25. The Bertz CT molecular complexity index is 406. The van der Waals surface area contributed by atoms with Crippen LogP contribution in [0.25, 0.3) is 0 Å². The highest BCUT2D eigenvalue weighted by Gasteiger charge is 2.09. The summed E-state index contributed by atoms with van der Waals surface area (Å²) in [6, 6.07) is 6.09. The molecule has 1 aromatic carbocycles. The third-order valence-corrected chi connectivity index (χ3v) is 3.28. The first-order valence-corrected chi connectivity index (χ1v) is 6.14. The van der Waals surface area contributed by atoms with Crippen molar-refractivity contribution in [3.63, 3.8) is 0 Å². The fraction of sp³-hybridized carbons (Fsp3) is 0.273. The highest BCUT2D eigenvalue weighted by molar-refractivity contribution is 8.00. The van der Waals surface area contributed by atoms with Crippen molar-refractivity contribution < 1.29 is 9.90 Å². The SMILES string of the molecule is O=C(N/N=C1\CCSC1)c1ccc(O)cc1. The Morgan fingerprint density at radius 1 is 1.38 bits per heavy atom. The van der Waals surface area contributed by atoms with Crippen molar-refractivity contribution in [3.8, 4) is 5.75 Å². The zero-order valence-corrected chi connectivity index (χ0v) is 9.46. The molecular weight excluding hydrogens is 224 g/mol. The van der Waals surface area contributed by atoms with Gasteiger partial charge in [-0.05, 0) is 36.4 Å². The van der Waals surface area contributed by atoms with Crippen molar-refractivity contribution >= 4 is 23.4 Å². The van der Waals surface area contributed by atoms with Gasteiger partial charge in [-0.3, -0.25) is 4.79 Å². The molecule has 0 saturated carbocycles. The summed E-state index contributed by atoms with van der Waals surface area (Å²) in [5.41, 5.74) is 4.03. The van der Waals surface area contributed by atoms with Gasteiger partial charge in [0, 0.05) is 17.0 Å². The number of benzene rings is 1. The number of phenolic OH excluding ortho intramolecular Hbond substituents is 1. The van der Waals surface area contributed by atoms with Gasteiger partial charge in [-0.25, -0.2) is 5.43 Å². The smallest absolute Gasteiger partial charge is 0.271 e. The molecule has 0 aliphatic carbocycles. The lowest BCUT2D eigenvalue weighted by Gasteiger charge is -2.01. The Kier molecular flexibility index (Phi) is 3.46. The molecule has 1 amide bonds. The minimum absolute atomic E-state index is 0.148. The minimum atomic E-state index is -0.246. The van der Waals surface area contributed by atoms with E-state index in [9.17, 15) is 4.79 Å². The second-order valence-electron chi connectivity index (χ2n) is 3.47. The second kappa shape index (κ2) is 5.03. The molecule has 1 aromatic rings. The normalized spacial score (nSPS) is 17.6. The fourth-order valence-corrected chi connectivity index (χ4v) is 2.32. The monoisotopic (exact) mass is 236 g/mol. The lowest BCUT2D eigenvalue weighted by Crippen LogP contribution is -2.19. The molecule has 4 nitrogen and oxygen atoms in total. The number of carbonyl (C=O) groups excluding carboxylic acids is 1. The van der Waals surface area contributed by atoms with E-state index >= 15 is 0 Å². The largest absolute Gasteiger partial charge is 0.508 e. The molecular formula is C11H12N2O2S. The van der Waals surface area contributed by atoms with Crippen molar-refractivity contribution in [2.75, 3.05) is 11.5 Å². The van der Waals surface area contributed by atoms with E-state index in [1.807, 2.05) is 11.8 Å². The van der Waals surface area contributed by atoms with E-state index in [0.717, 1.165) is 23.6 Å². The van der Waals surface area contributed by atoms with Gasteiger partial charge in [0.1, 0.15) is 5.75 Å². The molecule has 1 aliphatic heterocycles. The highest BCUT2D eigenvalue weighted by atomic mass is 32.2. The van der Waals surface area contributed by atoms with Crippen molar-refractivity contribution in [2.45, 2.75) is 6.42 Å². The minimum Gasteiger partial charge on any atom is -0.508 e. The number of aromatic hydroxyl groups is 1. The summed E-state index contributed by atoms with van der Waals surface area (Å²) in [5, 5.41) is 13.1. The van der Waals surface area contributed by atoms with Crippen molar-refractivity contribution in [1.82, 2.24) is 5.43 Å². The van der Waals surface area contributed by atoms with Crippen LogP contribution in [-0.2, 0) is 0 Å². The number of nitrogens with zero attached hydrogens (tertiary/aromatic N) is 1. The summed E-state index contributed by atoms with van der Waals surface area (Å²) in [4.78, 5) is 11.6. The summed E-state index contributed by atoms with van der Waals surface area (Å²) < 4.78 is 0. The molecule has 1 fully saturated rings. The van der Waals surface area contributed by atoms with Crippen LogP contribution in [0.4, 0.5) is 0 Å². The molecule has 0 spiro atoms. The van der Waals surface area contributed by atoms with Crippen LogP contribution in [0.15, 0.2) is 29.4 Å². The lowest BCUT2D eigenvalue weighted by atomic mass is 10.2. The maximum atomic E-state index is 11.6. The number of phenols is 1. The standard InChI is InChI=1S/C11H12N2O2S/c14-10-3-1-8(2-4-10)11(15)13-12-9-5-6-16-7-9/h1-4,14H,5-7H2,(H,13,15)/b12-9+. The maximum Gasteiger partial charge on any atom is 0.271 e. The van der Waals surface area contributed by atoms with E-state index < -0.39 is 0 Å². The molecule has 84 valence electrons. The lowest BCUT2D eigenvalue weighted by molar-refractivity contribution is 0.0954. The number of carbonyl (C=O) groups is 1. The number of amides is 1. The Morgan fingerprint density at radius 2 is 2.12 bits per heavy atom. The van der Waals surface area contributed by atoms with Crippen LogP contribution >= 0.6 is 11.8 Å². The van der Waals surface area contributed by atoms with Crippen LogP contribution in [0.5, 0.6) is 5.75 Å². The van der Waals surface area contributed by atoms with Crippen LogP contribution in [0, 0.1) is 0 Å². The number of hydrogen-bond donors (Lipinski definition) is 2. The molecule has 1 saturated heterocycles. The van der Waals surface area contributed by atoms with Crippen LogP contribution in [0.1, 0.15) is 16.8 Å². The highest BCUT2D eigenvalue weighted by Crippen LogP contribution is 2.14. The van der Waals surface area contributed by atoms with Crippen LogP contribution in [-0.4, -0.2) is 28.2 Å². The van der Waals surface area contributed by atoms with Crippen LogP contribution in [0.2, 0.25) is 0 Å². The molecule has 0 atom stereocenters. The topological polar surface area (TPSA) is 61.7 Å². The van der Waals surface area contributed by atoms with E-state index in [1.165, 1.54) is 12.1 Å². The predicted molar refractivity (Wildman–Crippen MR) is 65.0 cm³/mol. The molecule has 0 aromatic heterocycles. The Balaban J connectivity index is 1.97. The van der Waals surface area contributed by atoms with E-state index in [2.05, 4.69) is 10.5 Å². The predicted octanol–water partition coefficient (Wildman–Crippen LogP) is 1.61. The summed E-state index contributed by atoms with van der Waals surface area (Å²) in [7, 11) is 0. The molecule has 0 bridgehead atoms. The quantitative estimate of drug-likeness (QED) is 0.767. The molecule has 16 heavy (non-hydrogen) atoms. The first kappa shape index (κ1) is 11.0. The first-order valence-electron chi connectivity index (χ1n) is 4.98. The number of nitrogens with one attached hydrogen (secondary N) is 1. The van der Waals surface area contributed by atoms with Crippen LogP contribution < -0.4 is 5.43 Å². The molecule has 0 unspecified atom stereocenters. The van der Waals surface area contributed by atoms with Crippen molar-refractivity contribution in [1.29, 1.82) is 0 Å². The molecule has 1 heterocycles. The number of rotatable bonds is 2. The molecule has 2 N–H and O–H groups in total. The third kappa shape index (κ3) is 2.76. The number of thioether (sulfide) groups is 1. The number of hydrazone groups is 1. The second-order valence-corrected chi connectivity index (χ2v) is 4.57. The van der Waals surface area contributed by atoms with E-state index in [-0.39, 0.29) is 11.7 Å². The average molecular weight is 236 g/mol. The summed E-state index contributed by atoms with van der Waals surface area (Å²) in [6.07, 6.45) is 0.945. The average Bonchev–Trinajstić information content (AvgIpc) is 2.80. The molecule has 1 aliphatic rings. The Morgan fingerprint density at radius 3 is 2.75 bits per heavy atom. The van der Waals surface area contributed by atoms with Gasteiger partial charge in [0.15, 0.2) is 0 Å². The molecule has 5 heteroatoms. The van der Waals surface area contributed by atoms with Gasteiger partial charge < -0.3 is 5.11 Å². The van der Waals surface area contributed by atoms with Gasteiger partial charge in [-0.2, -0.15) is 16.9 Å². The zero-order valence-electron chi connectivity index (χ0n) is 8.64. The molecule has 2 rings (SSSR count).